The monoisotopic (exact) mass is 277 g/mol. The molecule has 5 heteroatoms. The van der Waals surface area contributed by atoms with Crippen molar-refractivity contribution in [2.45, 2.75) is 6.42 Å². The highest BCUT2D eigenvalue weighted by atomic mass is 19.1. The summed E-state index contributed by atoms with van der Waals surface area (Å²) in [5, 5.41) is 11.6. The summed E-state index contributed by atoms with van der Waals surface area (Å²) in [4.78, 5) is 10.8. The zero-order chi connectivity index (χ0) is 14.5. The summed E-state index contributed by atoms with van der Waals surface area (Å²) in [7, 11) is 0. The summed E-state index contributed by atoms with van der Waals surface area (Å²) in [5.41, 5.74) is 0.509. The van der Waals surface area contributed by atoms with Crippen LogP contribution in [0.4, 0.5) is 14.5 Å². The lowest BCUT2D eigenvalue weighted by Crippen LogP contribution is -2.09. The Labute approximate surface area is 114 Å². The lowest BCUT2D eigenvalue weighted by Gasteiger charge is -2.09. The average Bonchev–Trinajstić information content (AvgIpc) is 2.42. The van der Waals surface area contributed by atoms with Gasteiger partial charge in [0.15, 0.2) is 0 Å². The molecule has 2 aromatic rings. The van der Waals surface area contributed by atoms with Gasteiger partial charge in [-0.1, -0.05) is 30.3 Å². The fourth-order valence-electron chi connectivity index (χ4n) is 1.83. The minimum atomic E-state index is -1.42. The van der Waals surface area contributed by atoms with E-state index in [9.17, 15) is 13.6 Å². The van der Waals surface area contributed by atoms with Crippen molar-refractivity contribution in [3.8, 4) is 0 Å². The van der Waals surface area contributed by atoms with Crippen molar-refractivity contribution in [2.24, 2.45) is 0 Å². The molecule has 0 spiro atoms. The van der Waals surface area contributed by atoms with Crippen molar-refractivity contribution < 1.29 is 18.7 Å². The molecule has 3 nitrogen and oxygen atoms in total. The van der Waals surface area contributed by atoms with E-state index in [1.165, 1.54) is 0 Å². The molecule has 20 heavy (non-hydrogen) atoms. The Morgan fingerprint density at radius 2 is 1.80 bits per heavy atom. The van der Waals surface area contributed by atoms with Crippen LogP contribution >= 0.6 is 0 Å². The SMILES string of the molecule is O=C(O)c1cc(NCCc2ccccc2)c(F)cc1F. The number of hydrogen-bond donors (Lipinski definition) is 2. The van der Waals surface area contributed by atoms with Crippen molar-refractivity contribution in [2.75, 3.05) is 11.9 Å². The van der Waals surface area contributed by atoms with Crippen molar-refractivity contribution in [1.82, 2.24) is 0 Å². The Balaban J connectivity index is 2.06. The maximum Gasteiger partial charge on any atom is 0.338 e. The number of carboxylic acid groups (broad SMARTS) is 1. The molecule has 104 valence electrons. The summed E-state index contributed by atoms with van der Waals surface area (Å²) < 4.78 is 26.7. The molecule has 0 aliphatic rings. The molecule has 2 N–H and O–H groups in total. The quantitative estimate of drug-likeness (QED) is 0.881. The van der Waals surface area contributed by atoms with Crippen LogP contribution in [0.1, 0.15) is 15.9 Å². The van der Waals surface area contributed by atoms with Gasteiger partial charge in [0.05, 0.1) is 11.3 Å². The first-order valence-electron chi connectivity index (χ1n) is 6.08. The van der Waals surface area contributed by atoms with Gasteiger partial charge in [-0.3, -0.25) is 0 Å². The van der Waals surface area contributed by atoms with Crippen LogP contribution in [0.5, 0.6) is 0 Å². The maximum atomic E-state index is 13.5. The molecule has 2 aromatic carbocycles. The maximum absolute atomic E-state index is 13.5. The Morgan fingerprint density at radius 1 is 1.10 bits per heavy atom. The van der Waals surface area contributed by atoms with Crippen molar-refractivity contribution in [3.63, 3.8) is 0 Å². The van der Waals surface area contributed by atoms with Crippen LogP contribution in [0.3, 0.4) is 0 Å². The van der Waals surface area contributed by atoms with Gasteiger partial charge in [0, 0.05) is 12.6 Å². The van der Waals surface area contributed by atoms with Gasteiger partial charge in [0.2, 0.25) is 0 Å². The highest BCUT2D eigenvalue weighted by Crippen LogP contribution is 2.19. The van der Waals surface area contributed by atoms with E-state index in [2.05, 4.69) is 5.32 Å². The Hall–Kier alpha value is -2.43. The topological polar surface area (TPSA) is 49.3 Å². The average molecular weight is 277 g/mol. The van der Waals surface area contributed by atoms with Gasteiger partial charge >= 0.3 is 5.97 Å². The minimum absolute atomic E-state index is 0.0141. The van der Waals surface area contributed by atoms with Crippen LogP contribution in [0, 0.1) is 11.6 Å². The number of benzene rings is 2. The van der Waals surface area contributed by atoms with Crippen LogP contribution in [0.2, 0.25) is 0 Å². The first-order valence-corrected chi connectivity index (χ1v) is 6.08. The first-order chi connectivity index (χ1) is 9.58. The molecule has 0 heterocycles. The molecule has 0 amide bonds. The number of anilines is 1. The second kappa shape index (κ2) is 6.14. The summed E-state index contributed by atoms with van der Waals surface area (Å²) >= 11 is 0. The van der Waals surface area contributed by atoms with E-state index >= 15 is 0 Å². The number of carbonyl (C=O) groups is 1. The predicted molar refractivity (Wildman–Crippen MR) is 72.0 cm³/mol. The van der Waals surface area contributed by atoms with Gasteiger partial charge < -0.3 is 10.4 Å². The molecule has 0 radical (unpaired) electrons. The highest BCUT2D eigenvalue weighted by molar-refractivity contribution is 5.89. The summed E-state index contributed by atoms with van der Waals surface area (Å²) in [6, 6.07) is 11.1. The van der Waals surface area contributed by atoms with Crippen LogP contribution in [0.25, 0.3) is 0 Å². The first kappa shape index (κ1) is 14.0. The lowest BCUT2D eigenvalue weighted by molar-refractivity contribution is 0.0692. The van der Waals surface area contributed by atoms with Crippen LogP contribution in [0.15, 0.2) is 42.5 Å². The van der Waals surface area contributed by atoms with E-state index < -0.39 is 23.2 Å². The lowest BCUT2D eigenvalue weighted by atomic mass is 10.1. The van der Waals surface area contributed by atoms with Gasteiger partial charge in [-0.05, 0) is 18.1 Å². The zero-order valence-corrected chi connectivity index (χ0v) is 10.6. The number of carboxylic acids is 1. The van der Waals surface area contributed by atoms with Crippen LogP contribution < -0.4 is 5.32 Å². The molecule has 0 aliphatic heterocycles. The number of halogens is 2. The fourth-order valence-corrected chi connectivity index (χ4v) is 1.83. The predicted octanol–water partition coefficient (Wildman–Crippen LogP) is 3.32. The molecule has 0 unspecified atom stereocenters. The molecule has 0 saturated carbocycles. The summed E-state index contributed by atoms with van der Waals surface area (Å²) in [6.07, 6.45) is 0.653. The second-order valence-corrected chi connectivity index (χ2v) is 4.28. The summed E-state index contributed by atoms with van der Waals surface area (Å²) in [5.74, 6) is -3.31. The number of aromatic carboxylic acids is 1. The molecule has 0 saturated heterocycles. The van der Waals surface area contributed by atoms with E-state index in [0.29, 0.717) is 19.0 Å². The van der Waals surface area contributed by atoms with E-state index in [1.54, 1.807) is 0 Å². The molecule has 0 aromatic heterocycles. The number of nitrogens with one attached hydrogen (secondary N) is 1. The third-order valence-electron chi connectivity index (χ3n) is 2.86. The normalized spacial score (nSPS) is 10.3. The van der Waals surface area contributed by atoms with Crippen LogP contribution in [-0.2, 0) is 6.42 Å². The van der Waals surface area contributed by atoms with Gasteiger partial charge in [-0.2, -0.15) is 0 Å². The third kappa shape index (κ3) is 3.32. The van der Waals surface area contributed by atoms with E-state index in [-0.39, 0.29) is 5.69 Å². The van der Waals surface area contributed by atoms with E-state index in [4.69, 9.17) is 5.11 Å². The van der Waals surface area contributed by atoms with Crippen molar-refractivity contribution >= 4 is 11.7 Å². The van der Waals surface area contributed by atoms with Crippen molar-refractivity contribution in [3.05, 3.63) is 65.2 Å². The molecular formula is C15H13F2NO2. The van der Waals surface area contributed by atoms with E-state index in [1.807, 2.05) is 30.3 Å². The number of hydrogen-bond acceptors (Lipinski definition) is 2. The van der Waals surface area contributed by atoms with E-state index in [0.717, 1.165) is 11.6 Å². The van der Waals surface area contributed by atoms with Gasteiger partial charge in [0.1, 0.15) is 11.6 Å². The van der Waals surface area contributed by atoms with Gasteiger partial charge in [0.25, 0.3) is 0 Å². The molecule has 0 aliphatic carbocycles. The molecule has 2 rings (SSSR count). The molecule has 0 fully saturated rings. The second-order valence-electron chi connectivity index (χ2n) is 4.28. The van der Waals surface area contributed by atoms with Crippen molar-refractivity contribution in [1.29, 1.82) is 0 Å². The highest BCUT2D eigenvalue weighted by Gasteiger charge is 2.14. The minimum Gasteiger partial charge on any atom is -0.478 e. The smallest absolute Gasteiger partial charge is 0.338 e. The van der Waals surface area contributed by atoms with Crippen LogP contribution in [-0.4, -0.2) is 17.6 Å². The fraction of sp³-hybridized carbons (Fsp3) is 0.133. The standard InChI is InChI=1S/C15H13F2NO2/c16-12-9-13(17)14(8-11(12)15(19)20)18-7-6-10-4-2-1-3-5-10/h1-5,8-9,18H,6-7H2,(H,19,20). The van der Waals surface area contributed by atoms with Gasteiger partial charge in [-0.25, -0.2) is 13.6 Å². The Kier molecular flexibility index (Phi) is 4.30. The molecule has 0 atom stereocenters. The third-order valence-corrected chi connectivity index (χ3v) is 2.86. The Morgan fingerprint density at radius 3 is 2.45 bits per heavy atom. The zero-order valence-electron chi connectivity index (χ0n) is 10.6. The molecular weight excluding hydrogens is 264 g/mol. The van der Waals surface area contributed by atoms with Gasteiger partial charge in [-0.15, -0.1) is 0 Å². The summed E-state index contributed by atoms with van der Waals surface area (Å²) in [6.45, 7) is 0.422. The number of rotatable bonds is 5. The molecule has 0 bridgehead atoms. The largest absolute Gasteiger partial charge is 0.478 e. The Bertz CT molecular complexity index is 615.